The highest BCUT2D eigenvalue weighted by atomic mass is 15.0. The molecule has 0 radical (unpaired) electrons. The highest BCUT2D eigenvalue weighted by Gasteiger charge is 2.13. The third kappa shape index (κ3) is 1.93. The minimum Gasteiger partial charge on any atom is -0.235 e. The Hall–Kier alpha value is -2.09. The lowest BCUT2D eigenvalue weighted by Gasteiger charge is -2.11. The highest BCUT2D eigenvalue weighted by Crippen LogP contribution is 2.25. The lowest BCUT2D eigenvalue weighted by Crippen LogP contribution is -2.32. The van der Waals surface area contributed by atoms with E-state index >= 15 is 0 Å². The fourth-order valence-electron chi connectivity index (χ4n) is 2.70. The van der Waals surface area contributed by atoms with Gasteiger partial charge in [0.25, 0.3) is 0 Å². The van der Waals surface area contributed by atoms with Gasteiger partial charge in [-0.3, -0.25) is 0 Å². The van der Waals surface area contributed by atoms with E-state index in [1.807, 2.05) is 0 Å². The van der Waals surface area contributed by atoms with E-state index < -0.39 is 0 Å². The summed E-state index contributed by atoms with van der Waals surface area (Å²) in [4.78, 5) is 0. The SMILES string of the molecule is Cc1cc(C)c(C)c(-c2cc3cccn3c[n+]2C)c1. The minimum absolute atomic E-state index is 1.23. The van der Waals surface area contributed by atoms with Gasteiger partial charge in [0, 0.05) is 11.6 Å². The molecular weight excluding hydrogens is 232 g/mol. The molecule has 0 aliphatic rings. The summed E-state index contributed by atoms with van der Waals surface area (Å²) in [5.74, 6) is 0. The van der Waals surface area contributed by atoms with Crippen molar-refractivity contribution in [2.24, 2.45) is 7.05 Å². The molecule has 2 aromatic heterocycles. The van der Waals surface area contributed by atoms with E-state index in [1.165, 1.54) is 33.5 Å². The number of fused-ring (bicyclic) bond motifs is 1. The van der Waals surface area contributed by atoms with Crippen molar-refractivity contribution in [2.45, 2.75) is 20.8 Å². The van der Waals surface area contributed by atoms with Crippen molar-refractivity contribution in [1.82, 2.24) is 4.40 Å². The highest BCUT2D eigenvalue weighted by molar-refractivity contribution is 5.67. The quantitative estimate of drug-likeness (QED) is 0.586. The lowest BCUT2D eigenvalue weighted by molar-refractivity contribution is -0.663. The Bertz CT molecular complexity index is 766. The average molecular weight is 251 g/mol. The van der Waals surface area contributed by atoms with Crippen LogP contribution in [0, 0.1) is 20.8 Å². The van der Waals surface area contributed by atoms with Gasteiger partial charge in [-0.1, -0.05) is 11.6 Å². The topological polar surface area (TPSA) is 8.29 Å². The average Bonchev–Trinajstić information content (AvgIpc) is 2.80. The van der Waals surface area contributed by atoms with Gasteiger partial charge in [0.05, 0.1) is 13.2 Å². The van der Waals surface area contributed by atoms with E-state index in [0.29, 0.717) is 0 Å². The number of nitrogens with zero attached hydrogens (tertiary/aromatic N) is 2. The van der Waals surface area contributed by atoms with Crippen molar-refractivity contribution in [3.05, 3.63) is 59.5 Å². The third-order valence-electron chi connectivity index (χ3n) is 3.86. The summed E-state index contributed by atoms with van der Waals surface area (Å²) in [5.41, 5.74) is 7.83. The molecule has 3 aromatic rings. The summed E-state index contributed by atoms with van der Waals surface area (Å²) in [7, 11) is 2.10. The van der Waals surface area contributed by atoms with Gasteiger partial charge < -0.3 is 0 Å². The number of aryl methyl sites for hydroxylation is 3. The van der Waals surface area contributed by atoms with Crippen LogP contribution in [0.25, 0.3) is 16.8 Å². The van der Waals surface area contributed by atoms with Gasteiger partial charge in [0.1, 0.15) is 11.2 Å². The van der Waals surface area contributed by atoms with Gasteiger partial charge in [-0.15, -0.1) is 0 Å². The van der Waals surface area contributed by atoms with Crippen molar-refractivity contribution in [2.75, 3.05) is 0 Å². The maximum Gasteiger partial charge on any atom is 0.249 e. The molecule has 0 atom stereocenters. The zero-order valence-corrected chi connectivity index (χ0v) is 11.9. The molecule has 1 aromatic carbocycles. The summed E-state index contributed by atoms with van der Waals surface area (Å²) in [6.45, 7) is 6.54. The summed E-state index contributed by atoms with van der Waals surface area (Å²) < 4.78 is 4.33. The van der Waals surface area contributed by atoms with Crippen LogP contribution < -0.4 is 4.57 Å². The third-order valence-corrected chi connectivity index (χ3v) is 3.86. The molecule has 0 amide bonds. The van der Waals surface area contributed by atoms with Gasteiger partial charge in [0.15, 0.2) is 0 Å². The van der Waals surface area contributed by atoms with Crippen molar-refractivity contribution in [3.8, 4) is 11.3 Å². The molecule has 19 heavy (non-hydrogen) atoms. The van der Waals surface area contributed by atoms with Gasteiger partial charge in [-0.05, 0) is 50.1 Å². The van der Waals surface area contributed by atoms with Gasteiger partial charge in [-0.2, -0.15) is 0 Å². The van der Waals surface area contributed by atoms with E-state index in [1.54, 1.807) is 0 Å². The van der Waals surface area contributed by atoms with Crippen LogP contribution in [-0.4, -0.2) is 4.40 Å². The second-order valence-electron chi connectivity index (χ2n) is 5.35. The van der Waals surface area contributed by atoms with Crippen LogP contribution in [0.2, 0.25) is 0 Å². The first-order chi connectivity index (χ1) is 9.06. The Morgan fingerprint density at radius 2 is 1.84 bits per heavy atom. The van der Waals surface area contributed by atoms with Gasteiger partial charge in [-0.25, -0.2) is 8.97 Å². The largest absolute Gasteiger partial charge is 0.249 e. The van der Waals surface area contributed by atoms with Crippen LogP contribution in [0.5, 0.6) is 0 Å². The predicted molar refractivity (Wildman–Crippen MR) is 78.2 cm³/mol. The van der Waals surface area contributed by atoms with Crippen LogP contribution in [0.4, 0.5) is 0 Å². The van der Waals surface area contributed by atoms with Gasteiger partial charge >= 0.3 is 0 Å². The van der Waals surface area contributed by atoms with Crippen molar-refractivity contribution in [1.29, 1.82) is 0 Å². The Balaban J connectivity index is 2.32. The number of hydrogen-bond acceptors (Lipinski definition) is 0. The minimum atomic E-state index is 1.23. The second-order valence-corrected chi connectivity index (χ2v) is 5.35. The molecule has 3 rings (SSSR count). The molecule has 0 aliphatic carbocycles. The fourth-order valence-corrected chi connectivity index (χ4v) is 2.70. The first-order valence-corrected chi connectivity index (χ1v) is 6.61. The molecule has 2 heteroatoms. The van der Waals surface area contributed by atoms with Crippen molar-refractivity contribution < 1.29 is 4.57 Å². The number of aromatic nitrogens is 2. The standard InChI is InChI=1S/C17H19N2/c1-12-8-13(2)14(3)16(9-12)17-10-15-6-5-7-19(15)11-18(17)4/h5-11H,1-4H3/q+1. The Labute approximate surface area is 113 Å². The molecule has 0 saturated heterocycles. The number of benzene rings is 1. The first kappa shape index (κ1) is 12.0. The molecule has 0 bridgehead atoms. The fraction of sp³-hybridized carbons (Fsp3) is 0.235. The van der Waals surface area contributed by atoms with E-state index in [9.17, 15) is 0 Å². The molecule has 0 spiro atoms. The molecule has 0 saturated carbocycles. The van der Waals surface area contributed by atoms with Crippen LogP contribution in [-0.2, 0) is 7.05 Å². The maximum atomic E-state index is 2.27. The molecule has 96 valence electrons. The molecule has 2 nitrogen and oxygen atoms in total. The maximum absolute atomic E-state index is 2.27. The Kier molecular flexibility index (Phi) is 2.67. The van der Waals surface area contributed by atoms with E-state index in [2.05, 4.69) is 79.6 Å². The van der Waals surface area contributed by atoms with Crippen LogP contribution >= 0.6 is 0 Å². The number of rotatable bonds is 1. The molecule has 0 fully saturated rings. The molecular formula is C17H19N2+. The molecule has 2 heterocycles. The Morgan fingerprint density at radius 1 is 1.05 bits per heavy atom. The molecule has 0 N–H and O–H groups in total. The zero-order chi connectivity index (χ0) is 13.6. The summed E-state index contributed by atoms with van der Waals surface area (Å²) in [5, 5.41) is 0. The summed E-state index contributed by atoms with van der Waals surface area (Å²) in [6.07, 6.45) is 4.20. The predicted octanol–water partition coefficient (Wildman–Crippen LogP) is 3.36. The smallest absolute Gasteiger partial charge is 0.235 e. The molecule has 0 unspecified atom stereocenters. The Morgan fingerprint density at radius 3 is 2.63 bits per heavy atom. The van der Waals surface area contributed by atoms with Crippen molar-refractivity contribution >= 4 is 5.52 Å². The normalized spacial score (nSPS) is 11.2. The first-order valence-electron chi connectivity index (χ1n) is 6.61. The summed E-state index contributed by atoms with van der Waals surface area (Å²) in [6, 6.07) is 11.0. The zero-order valence-electron chi connectivity index (χ0n) is 11.9. The van der Waals surface area contributed by atoms with E-state index in [4.69, 9.17) is 0 Å². The van der Waals surface area contributed by atoms with E-state index in [0.717, 1.165) is 0 Å². The van der Waals surface area contributed by atoms with Crippen molar-refractivity contribution in [3.63, 3.8) is 0 Å². The van der Waals surface area contributed by atoms with Crippen LogP contribution in [0.3, 0.4) is 0 Å². The lowest BCUT2D eigenvalue weighted by atomic mass is 9.97. The van der Waals surface area contributed by atoms with Gasteiger partial charge in [0.2, 0.25) is 6.33 Å². The second kappa shape index (κ2) is 4.23. The summed E-state index contributed by atoms with van der Waals surface area (Å²) >= 11 is 0. The van der Waals surface area contributed by atoms with Crippen LogP contribution in [0.1, 0.15) is 16.7 Å². The molecule has 0 aliphatic heterocycles. The van der Waals surface area contributed by atoms with Crippen LogP contribution in [0.15, 0.2) is 42.9 Å². The van der Waals surface area contributed by atoms with E-state index in [-0.39, 0.29) is 0 Å². The number of hydrogen-bond donors (Lipinski definition) is 0. The monoisotopic (exact) mass is 251 g/mol.